The third-order valence-electron chi connectivity index (χ3n) is 4.91. The van der Waals surface area contributed by atoms with Crippen LogP contribution in [0.4, 0.5) is 19.0 Å². The van der Waals surface area contributed by atoms with Gasteiger partial charge in [-0.05, 0) is 20.8 Å². The number of carbonyl (C=O) groups is 1. The molecule has 2 aromatic heterocycles. The number of carboxylic acids is 1. The summed E-state index contributed by atoms with van der Waals surface area (Å²) in [5, 5.41) is 21.0. The lowest BCUT2D eigenvalue weighted by molar-refractivity contribution is -0.140. The van der Waals surface area contributed by atoms with Gasteiger partial charge < -0.3 is 15.0 Å². The first-order valence-corrected chi connectivity index (χ1v) is 9.06. The Kier molecular flexibility index (Phi) is 5.77. The van der Waals surface area contributed by atoms with Gasteiger partial charge in [0, 0.05) is 28.6 Å². The van der Waals surface area contributed by atoms with Crippen LogP contribution in [-0.4, -0.2) is 25.8 Å². The molecule has 0 aliphatic heterocycles. The molecule has 2 heterocycles. The molecule has 0 radical (unpaired) electrons. The van der Waals surface area contributed by atoms with E-state index < -0.39 is 41.4 Å². The summed E-state index contributed by atoms with van der Waals surface area (Å²) in [4.78, 5) is 23.7. The summed E-state index contributed by atoms with van der Waals surface area (Å²) in [6.45, 7) is 4.56. The van der Waals surface area contributed by atoms with Crippen LogP contribution in [0.5, 0.6) is 0 Å². The molecule has 7 nitrogen and oxygen atoms in total. The third kappa shape index (κ3) is 3.85. The van der Waals surface area contributed by atoms with Gasteiger partial charge in [-0.2, -0.15) is 5.10 Å². The molecular formula is C20H19F3N4O3. The molecule has 2 N–H and O–H groups in total. The number of halogens is 3. The van der Waals surface area contributed by atoms with Crippen LogP contribution in [0.15, 0.2) is 35.3 Å². The molecule has 158 valence electrons. The average molecular weight is 420 g/mol. The SMILES string of the molecule is Cc1nnc(N[C@H](C)c2cccc(C(F)F)c2F)c2cn(C(C)C(=O)O)c(=O)cc12. The Bertz CT molecular complexity index is 1180. The Morgan fingerprint density at radius 2 is 1.83 bits per heavy atom. The van der Waals surface area contributed by atoms with Crippen LogP contribution in [0, 0.1) is 12.7 Å². The normalized spacial score (nSPS) is 13.4. The Labute approximate surface area is 169 Å². The van der Waals surface area contributed by atoms with Crippen molar-refractivity contribution in [2.45, 2.75) is 39.3 Å². The molecule has 0 aliphatic carbocycles. The predicted octanol–water partition coefficient (Wildman–Crippen LogP) is 4.00. The molecule has 3 rings (SSSR count). The monoisotopic (exact) mass is 420 g/mol. The fourth-order valence-electron chi connectivity index (χ4n) is 3.15. The molecule has 0 fully saturated rings. The summed E-state index contributed by atoms with van der Waals surface area (Å²) >= 11 is 0. The smallest absolute Gasteiger partial charge is 0.326 e. The number of nitrogens with zero attached hydrogens (tertiary/aromatic N) is 3. The lowest BCUT2D eigenvalue weighted by Gasteiger charge is -2.19. The van der Waals surface area contributed by atoms with Crippen LogP contribution >= 0.6 is 0 Å². The largest absolute Gasteiger partial charge is 0.480 e. The number of carboxylic acid groups (broad SMARTS) is 1. The number of alkyl halides is 2. The molecule has 0 aliphatic rings. The highest BCUT2D eigenvalue weighted by molar-refractivity contribution is 5.92. The first-order chi connectivity index (χ1) is 14.1. The zero-order valence-electron chi connectivity index (χ0n) is 16.4. The molecule has 1 unspecified atom stereocenters. The summed E-state index contributed by atoms with van der Waals surface area (Å²) in [5.41, 5.74) is -0.773. The highest BCUT2D eigenvalue weighted by Gasteiger charge is 2.21. The second kappa shape index (κ2) is 8.13. The predicted molar refractivity (Wildman–Crippen MR) is 104 cm³/mol. The third-order valence-corrected chi connectivity index (χ3v) is 4.91. The van der Waals surface area contributed by atoms with Crippen molar-refractivity contribution in [2.24, 2.45) is 0 Å². The van der Waals surface area contributed by atoms with Crippen molar-refractivity contribution in [3.63, 3.8) is 0 Å². The topological polar surface area (TPSA) is 97.1 Å². The average Bonchev–Trinajstić information content (AvgIpc) is 2.69. The molecule has 1 aromatic carbocycles. The number of aliphatic carboxylic acids is 1. The van der Waals surface area contributed by atoms with Gasteiger partial charge in [-0.15, -0.1) is 5.10 Å². The van der Waals surface area contributed by atoms with Crippen molar-refractivity contribution >= 4 is 22.6 Å². The summed E-state index contributed by atoms with van der Waals surface area (Å²) < 4.78 is 41.6. The van der Waals surface area contributed by atoms with E-state index in [4.69, 9.17) is 0 Å². The molecular weight excluding hydrogens is 401 g/mol. The maximum absolute atomic E-state index is 14.5. The van der Waals surface area contributed by atoms with Crippen LogP contribution in [0.2, 0.25) is 0 Å². The van der Waals surface area contributed by atoms with Gasteiger partial charge in [0.15, 0.2) is 5.82 Å². The number of nitrogens with one attached hydrogen (secondary N) is 1. The van der Waals surface area contributed by atoms with Crippen LogP contribution in [0.3, 0.4) is 0 Å². The summed E-state index contributed by atoms with van der Waals surface area (Å²) in [6.07, 6.45) is -1.61. The van der Waals surface area contributed by atoms with E-state index in [1.165, 1.54) is 31.3 Å². The van der Waals surface area contributed by atoms with Crippen molar-refractivity contribution in [3.8, 4) is 0 Å². The Hall–Kier alpha value is -3.43. The second-order valence-corrected chi connectivity index (χ2v) is 6.91. The van der Waals surface area contributed by atoms with E-state index in [1.54, 1.807) is 13.8 Å². The van der Waals surface area contributed by atoms with Crippen molar-refractivity contribution in [3.05, 3.63) is 63.5 Å². The van der Waals surface area contributed by atoms with Gasteiger partial charge in [0.25, 0.3) is 12.0 Å². The maximum Gasteiger partial charge on any atom is 0.326 e. The van der Waals surface area contributed by atoms with Gasteiger partial charge in [0.2, 0.25) is 0 Å². The zero-order chi connectivity index (χ0) is 22.2. The highest BCUT2D eigenvalue weighted by Crippen LogP contribution is 2.30. The van der Waals surface area contributed by atoms with Crippen LogP contribution in [0.25, 0.3) is 10.8 Å². The van der Waals surface area contributed by atoms with Crippen LogP contribution in [-0.2, 0) is 4.79 Å². The van der Waals surface area contributed by atoms with E-state index in [-0.39, 0.29) is 11.4 Å². The van der Waals surface area contributed by atoms with Gasteiger partial charge in [0.05, 0.1) is 17.3 Å². The number of aromatic nitrogens is 3. The molecule has 30 heavy (non-hydrogen) atoms. The van der Waals surface area contributed by atoms with E-state index in [1.807, 2.05) is 0 Å². The molecule has 10 heteroatoms. The number of hydrogen-bond donors (Lipinski definition) is 2. The fourth-order valence-corrected chi connectivity index (χ4v) is 3.15. The van der Waals surface area contributed by atoms with Crippen LogP contribution < -0.4 is 10.9 Å². The van der Waals surface area contributed by atoms with Crippen LogP contribution in [0.1, 0.15) is 49.2 Å². The quantitative estimate of drug-likeness (QED) is 0.626. The van der Waals surface area contributed by atoms with Crippen molar-refractivity contribution in [1.29, 1.82) is 0 Å². The maximum atomic E-state index is 14.5. The highest BCUT2D eigenvalue weighted by atomic mass is 19.3. The van der Waals surface area contributed by atoms with Crippen molar-refractivity contribution in [2.75, 3.05) is 5.32 Å². The Morgan fingerprint density at radius 3 is 2.47 bits per heavy atom. The lowest BCUT2D eigenvalue weighted by atomic mass is 10.0. The first kappa shape index (κ1) is 21.3. The van der Waals surface area contributed by atoms with E-state index in [0.29, 0.717) is 16.5 Å². The molecule has 0 spiro atoms. The zero-order valence-corrected chi connectivity index (χ0v) is 16.4. The minimum absolute atomic E-state index is 0.00977. The molecule has 0 amide bonds. The molecule has 0 saturated carbocycles. The minimum atomic E-state index is -2.95. The summed E-state index contributed by atoms with van der Waals surface area (Å²) in [7, 11) is 0. The number of fused-ring (bicyclic) bond motifs is 1. The summed E-state index contributed by atoms with van der Waals surface area (Å²) in [6, 6.07) is 3.10. The van der Waals surface area contributed by atoms with E-state index in [9.17, 15) is 27.9 Å². The van der Waals surface area contributed by atoms with Gasteiger partial charge in [-0.3, -0.25) is 4.79 Å². The molecule has 0 bridgehead atoms. The first-order valence-electron chi connectivity index (χ1n) is 9.06. The lowest BCUT2D eigenvalue weighted by Crippen LogP contribution is -2.27. The standard InChI is InChI=1S/C20H19F3N4O3/c1-9(12-5-4-6-13(17(12)21)18(22)23)24-19-15-8-27(11(3)20(29)30)16(28)7-14(15)10(2)25-26-19/h4-9,11,18H,1-3H3,(H,24,26)(H,29,30)/t9-,11?/m1/s1. The van der Waals surface area contributed by atoms with Gasteiger partial charge >= 0.3 is 5.97 Å². The Morgan fingerprint density at radius 1 is 1.17 bits per heavy atom. The number of benzene rings is 1. The number of pyridine rings is 1. The Balaban J connectivity index is 2.09. The number of hydrogen-bond acceptors (Lipinski definition) is 5. The van der Waals surface area contributed by atoms with E-state index in [2.05, 4.69) is 15.5 Å². The minimum Gasteiger partial charge on any atom is -0.480 e. The van der Waals surface area contributed by atoms with Crippen molar-refractivity contribution < 1.29 is 23.1 Å². The molecule has 3 aromatic rings. The van der Waals surface area contributed by atoms with Gasteiger partial charge in [0.1, 0.15) is 11.9 Å². The number of rotatable bonds is 6. The molecule has 0 saturated heterocycles. The number of aryl methyl sites for hydroxylation is 1. The second-order valence-electron chi connectivity index (χ2n) is 6.91. The summed E-state index contributed by atoms with van der Waals surface area (Å²) in [5.74, 6) is -2.05. The fraction of sp³-hybridized carbons (Fsp3) is 0.300. The van der Waals surface area contributed by atoms with Gasteiger partial charge in [-0.1, -0.05) is 18.2 Å². The number of anilines is 1. The van der Waals surface area contributed by atoms with E-state index in [0.717, 1.165) is 10.6 Å². The van der Waals surface area contributed by atoms with E-state index >= 15 is 0 Å². The van der Waals surface area contributed by atoms with Crippen molar-refractivity contribution in [1.82, 2.24) is 14.8 Å². The molecule has 2 atom stereocenters. The van der Waals surface area contributed by atoms with Gasteiger partial charge in [-0.25, -0.2) is 18.0 Å².